The summed E-state index contributed by atoms with van der Waals surface area (Å²) in [5, 5.41) is 9.88. The van der Waals surface area contributed by atoms with Gasteiger partial charge in [0.1, 0.15) is 0 Å². The summed E-state index contributed by atoms with van der Waals surface area (Å²) in [4.78, 5) is 2.22. The van der Waals surface area contributed by atoms with E-state index in [4.69, 9.17) is 5.73 Å². The highest BCUT2D eigenvalue weighted by molar-refractivity contribution is 5.58. The molecule has 1 heterocycles. The zero-order valence-electron chi connectivity index (χ0n) is 9.98. The number of aryl methyl sites for hydroxylation is 1. The van der Waals surface area contributed by atoms with Gasteiger partial charge in [-0.25, -0.2) is 0 Å². The summed E-state index contributed by atoms with van der Waals surface area (Å²) in [6.45, 7) is 5.86. The molecule has 0 aliphatic carbocycles. The molecular weight excluding hydrogens is 200 g/mol. The molecule has 2 rings (SSSR count). The van der Waals surface area contributed by atoms with Gasteiger partial charge >= 0.3 is 0 Å². The van der Waals surface area contributed by atoms with Gasteiger partial charge in [-0.3, -0.25) is 0 Å². The van der Waals surface area contributed by atoms with Crippen LogP contribution >= 0.6 is 0 Å². The van der Waals surface area contributed by atoms with Gasteiger partial charge in [0, 0.05) is 24.5 Å². The number of aliphatic hydroxyl groups excluding tert-OH is 1. The van der Waals surface area contributed by atoms with Crippen LogP contribution in [0.5, 0.6) is 0 Å². The second-order valence-corrected chi connectivity index (χ2v) is 4.88. The highest BCUT2D eigenvalue weighted by Gasteiger charge is 2.24. The van der Waals surface area contributed by atoms with Crippen LogP contribution in [0.1, 0.15) is 18.9 Å². The first-order chi connectivity index (χ1) is 7.56. The Labute approximate surface area is 96.9 Å². The fraction of sp³-hybridized carbons (Fsp3) is 0.538. The van der Waals surface area contributed by atoms with Gasteiger partial charge < -0.3 is 15.7 Å². The minimum atomic E-state index is -0.226. The molecule has 16 heavy (non-hydrogen) atoms. The molecule has 1 saturated heterocycles. The molecule has 2 atom stereocenters. The Hall–Kier alpha value is -1.22. The zero-order valence-corrected chi connectivity index (χ0v) is 9.98. The van der Waals surface area contributed by atoms with Crippen LogP contribution in [0.25, 0.3) is 0 Å². The third-order valence-corrected chi connectivity index (χ3v) is 3.37. The lowest BCUT2D eigenvalue weighted by Crippen LogP contribution is -2.42. The van der Waals surface area contributed by atoms with Crippen LogP contribution in [0.4, 0.5) is 11.4 Å². The summed E-state index contributed by atoms with van der Waals surface area (Å²) in [7, 11) is 0. The van der Waals surface area contributed by atoms with E-state index >= 15 is 0 Å². The van der Waals surface area contributed by atoms with Gasteiger partial charge in [0.2, 0.25) is 0 Å². The van der Waals surface area contributed by atoms with Crippen molar-refractivity contribution in [1.82, 2.24) is 0 Å². The molecule has 1 aromatic rings. The van der Waals surface area contributed by atoms with E-state index in [0.717, 1.165) is 24.3 Å². The largest absolute Gasteiger partial charge is 0.399 e. The van der Waals surface area contributed by atoms with Gasteiger partial charge in [-0.1, -0.05) is 6.92 Å². The first-order valence-corrected chi connectivity index (χ1v) is 5.86. The summed E-state index contributed by atoms with van der Waals surface area (Å²) < 4.78 is 0. The summed E-state index contributed by atoms with van der Waals surface area (Å²) in [5.41, 5.74) is 8.93. The van der Waals surface area contributed by atoms with Gasteiger partial charge in [-0.2, -0.15) is 0 Å². The minimum absolute atomic E-state index is 0.226. The molecule has 0 aromatic heterocycles. The van der Waals surface area contributed by atoms with E-state index in [0.29, 0.717) is 12.5 Å². The third-order valence-electron chi connectivity index (χ3n) is 3.37. The number of aliphatic hydroxyl groups is 1. The van der Waals surface area contributed by atoms with Crippen molar-refractivity contribution in [2.45, 2.75) is 26.4 Å². The lowest BCUT2D eigenvalue weighted by Gasteiger charge is -2.36. The first-order valence-electron chi connectivity index (χ1n) is 5.86. The van der Waals surface area contributed by atoms with Crippen molar-refractivity contribution in [2.24, 2.45) is 5.92 Å². The van der Waals surface area contributed by atoms with E-state index in [9.17, 15) is 5.11 Å². The van der Waals surface area contributed by atoms with Crippen LogP contribution in [-0.4, -0.2) is 24.3 Å². The van der Waals surface area contributed by atoms with Crippen LogP contribution in [0.2, 0.25) is 0 Å². The van der Waals surface area contributed by atoms with Gasteiger partial charge in [0.25, 0.3) is 0 Å². The predicted octanol–water partition coefficient (Wildman–Crippen LogP) is 1.78. The fourth-order valence-corrected chi connectivity index (χ4v) is 2.26. The number of nitrogen functional groups attached to an aromatic ring is 1. The quantitative estimate of drug-likeness (QED) is 0.709. The molecule has 3 heteroatoms. The van der Waals surface area contributed by atoms with Crippen LogP contribution in [0.3, 0.4) is 0 Å². The van der Waals surface area contributed by atoms with Crippen molar-refractivity contribution in [3.8, 4) is 0 Å². The molecule has 0 amide bonds. The van der Waals surface area contributed by atoms with E-state index in [-0.39, 0.29) is 6.10 Å². The van der Waals surface area contributed by atoms with Crippen LogP contribution < -0.4 is 10.6 Å². The molecule has 1 aliphatic rings. The molecule has 0 radical (unpaired) electrons. The number of anilines is 2. The number of piperidine rings is 1. The molecule has 0 spiro atoms. The number of hydrogen-bond acceptors (Lipinski definition) is 3. The lowest BCUT2D eigenvalue weighted by atomic mass is 9.95. The van der Waals surface area contributed by atoms with Crippen molar-refractivity contribution in [2.75, 3.05) is 23.7 Å². The van der Waals surface area contributed by atoms with E-state index < -0.39 is 0 Å². The molecule has 3 N–H and O–H groups in total. The van der Waals surface area contributed by atoms with Gasteiger partial charge in [0.05, 0.1) is 6.10 Å². The molecule has 1 aromatic carbocycles. The van der Waals surface area contributed by atoms with Crippen molar-refractivity contribution in [3.63, 3.8) is 0 Å². The summed E-state index contributed by atoms with van der Waals surface area (Å²) in [6, 6.07) is 6.07. The highest BCUT2D eigenvalue weighted by atomic mass is 16.3. The second-order valence-electron chi connectivity index (χ2n) is 4.88. The van der Waals surface area contributed by atoms with Crippen molar-refractivity contribution >= 4 is 11.4 Å². The number of benzene rings is 1. The standard InChI is InChI=1S/C13H20N2O/c1-9-5-11(14)7-12(6-9)15-4-3-10(2)13(16)8-15/h5-7,10,13,16H,3-4,8,14H2,1-2H3. The topological polar surface area (TPSA) is 49.5 Å². The monoisotopic (exact) mass is 220 g/mol. The van der Waals surface area contributed by atoms with E-state index in [1.807, 2.05) is 19.1 Å². The Balaban J connectivity index is 2.18. The van der Waals surface area contributed by atoms with Crippen LogP contribution in [-0.2, 0) is 0 Å². The lowest BCUT2D eigenvalue weighted by molar-refractivity contribution is 0.103. The van der Waals surface area contributed by atoms with Crippen LogP contribution in [0, 0.1) is 12.8 Å². The average Bonchev–Trinajstić information content (AvgIpc) is 2.20. The maximum atomic E-state index is 9.88. The van der Waals surface area contributed by atoms with Gasteiger partial charge in [-0.05, 0) is 43.0 Å². The van der Waals surface area contributed by atoms with E-state index in [1.54, 1.807) is 0 Å². The van der Waals surface area contributed by atoms with Crippen molar-refractivity contribution < 1.29 is 5.11 Å². The number of rotatable bonds is 1. The third kappa shape index (κ3) is 2.30. The Morgan fingerprint density at radius 1 is 1.38 bits per heavy atom. The van der Waals surface area contributed by atoms with Gasteiger partial charge in [-0.15, -0.1) is 0 Å². The first kappa shape index (κ1) is 11.3. The molecule has 88 valence electrons. The summed E-state index contributed by atoms with van der Waals surface area (Å²) >= 11 is 0. The van der Waals surface area contributed by atoms with Crippen molar-refractivity contribution in [1.29, 1.82) is 0 Å². The molecule has 3 nitrogen and oxygen atoms in total. The highest BCUT2D eigenvalue weighted by Crippen LogP contribution is 2.25. The zero-order chi connectivity index (χ0) is 11.7. The van der Waals surface area contributed by atoms with Crippen LogP contribution in [0.15, 0.2) is 18.2 Å². The number of hydrogen-bond donors (Lipinski definition) is 2. The Morgan fingerprint density at radius 2 is 2.12 bits per heavy atom. The minimum Gasteiger partial charge on any atom is -0.399 e. The number of β-amino-alcohol motifs (C(OH)–C–C–N with tert-alkyl or cyclic N) is 1. The van der Waals surface area contributed by atoms with Crippen molar-refractivity contribution in [3.05, 3.63) is 23.8 Å². The maximum absolute atomic E-state index is 9.88. The normalized spacial score (nSPS) is 25.8. The molecule has 1 fully saturated rings. The summed E-state index contributed by atoms with van der Waals surface area (Å²) in [5.74, 6) is 0.401. The fourth-order valence-electron chi connectivity index (χ4n) is 2.26. The average molecular weight is 220 g/mol. The Bertz CT molecular complexity index is 358. The smallest absolute Gasteiger partial charge is 0.0741 e. The molecule has 1 aliphatic heterocycles. The number of nitrogens with zero attached hydrogens (tertiary/aromatic N) is 1. The SMILES string of the molecule is Cc1cc(N)cc(N2CCC(C)C(O)C2)c1. The van der Waals surface area contributed by atoms with E-state index in [2.05, 4.69) is 17.9 Å². The van der Waals surface area contributed by atoms with E-state index in [1.165, 1.54) is 5.56 Å². The summed E-state index contributed by atoms with van der Waals surface area (Å²) in [6.07, 6.45) is 0.810. The Kier molecular flexibility index (Phi) is 3.06. The molecule has 2 unspecified atom stereocenters. The molecular formula is C13H20N2O. The second kappa shape index (κ2) is 4.34. The predicted molar refractivity (Wildman–Crippen MR) is 67.6 cm³/mol. The number of nitrogens with two attached hydrogens (primary N) is 1. The maximum Gasteiger partial charge on any atom is 0.0741 e. The molecule has 0 bridgehead atoms. The van der Waals surface area contributed by atoms with Gasteiger partial charge in [0.15, 0.2) is 0 Å². The Morgan fingerprint density at radius 3 is 2.75 bits per heavy atom. The molecule has 0 saturated carbocycles.